The van der Waals surface area contributed by atoms with Crippen LogP contribution in [0.3, 0.4) is 0 Å². The summed E-state index contributed by atoms with van der Waals surface area (Å²) in [6, 6.07) is 11.3. The SMILES string of the molecule is COC(=O)c1cc(Nc2cc(OC)cc(OC)c2)c2cccc(F)c2n1. The largest absolute Gasteiger partial charge is 0.497 e. The highest BCUT2D eigenvalue weighted by Gasteiger charge is 2.15. The van der Waals surface area contributed by atoms with Crippen molar-refractivity contribution in [1.82, 2.24) is 4.98 Å². The van der Waals surface area contributed by atoms with E-state index < -0.39 is 11.8 Å². The van der Waals surface area contributed by atoms with Crippen LogP contribution in [-0.4, -0.2) is 32.3 Å². The Balaban J connectivity index is 2.15. The number of hydrogen-bond acceptors (Lipinski definition) is 6. The minimum absolute atomic E-state index is 0.00228. The lowest BCUT2D eigenvalue weighted by molar-refractivity contribution is 0.0594. The van der Waals surface area contributed by atoms with Crippen molar-refractivity contribution in [3.8, 4) is 11.5 Å². The second kappa shape index (κ2) is 7.26. The standard InChI is InChI=1S/C19H17FN2O4/c1-24-12-7-11(8-13(9-12)25-2)21-16-10-17(19(23)26-3)22-18-14(16)5-4-6-15(18)20/h4-10H,1-3H3,(H,21,22). The van der Waals surface area contributed by atoms with E-state index in [1.54, 1.807) is 44.6 Å². The molecule has 3 rings (SSSR count). The predicted molar refractivity (Wildman–Crippen MR) is 95.9 cm³/mol. The monoisotopic (exact) mass is 356 g/mol. The van der Waals surface area contributed by atoms with Gasteiger partial charge in [-0.2, -0.15) is 0 Å². The van der Waals surface area contributed by atoms with Crippen molar-refractivity contribution in [3.05, 3.63) is 54.0 Å². The van der Waals surface area contributed by atoms with Gasteiger partial charge in [-0.1, -0.05) is 12.1 Å². The number of methoxy groups -OCH3 is 3. The Labute approximate surface area is 149 Å². The number of hydrogen-bond donors (Lipinski definition) is 1. The molecule has 0 aliphatic rings. The minimum atomic E-state index is -0.651. The number of pyridine rings is 1. The summed E-state index contributed by atoms with van der Waals surface area (Å²) in [6.45, 7) is 0. The molecular formula is C19H17FN2O4. The highest BCUT2D eigenvalue weighted by atomic mass is 19.1. The minimum Gasteiger partial charge on any atom is -0.497 e. The highest BCUT2D eigenvalue weighted by Crippen LogP contribution is 2.32. The fourth-order valence-electron chi connectivity index (χ4n) is 2.56. The van der Waals surface area contributed by atoms with Crippen molar-refractivity contribution in [3.63, 3.8) is 0 Å². The van der Waals surface area contributed by atoms with Gasteiger partial charge in [0.15, 0.2) is 5.69 Å². The maximum Gasteiger partial charge on any atom is 0.356 e. The number of aromatic nitrogens is 1. The lowest BCUT2D eigenvalue weighted by Crippen LogP contribution is -2.06. The molecule has 0 aliphatic heterocycles. The van der Waals surface area contributed by atoms with Crippen LogP contribution in [0.4, 0.5) is 15.8 Å². The van der Waals surface area contributed by atoms with Gasteiger partial charge in [0.2, 0.25) is 0 Å². The number of rotatable bonds is 5. The van der Waals surface area contributed by atoms with E-state index in [0.717, 1.165) is 0 Å². The smallest absolute Gasteiger partial charge is 0.356 e. The van der Waals surface area contributed by atoms with E-state index in [2.05, 4.69) is 10.3 Å². The molecular weight excluding hydrogens is 339 g/mol. The zero-order valence-electron chi connectivity index (χ0n) is 14.5. The fraction of sp³-hybridized carbons (Fsp3) is 0.158. The molecule has 0 amide bonds. The first-order valence-electron chi connectivity index (χ1n) is 7.73. The van der Waals surface area contributed by atoms with Crippen molar-refractivity contribution >= 4 is 28.2 Å². The molecule has 1 aromatic heterocycles. The summed E-state index contributed by atoms with van der Waals surface area (Å²) in [5.74, 6) is -0.00452. The van der Waals surface area contributed by atoms with Gasteiger partial charge in [0.25, 0.3) is 0 Å². The third kappa shape index (κ3) is 3.37. The Kier molecular flexibility index (Phi) is 4.88. The third-order valence-corrected chi connectivity index (χ3v) is 3.82. The number of esters is 1. The lowest BCUT2D eigenvalue weighted by Gasteiger charge is -2.14. The number of fused-ring (bicyclic) bond motifs is 1. The average molecular weight is 356 g/mol. The summed E-state index contributed by atoms with van der Waals surface area (Å²) >= 11 is 0. The molecule has 2 aromatic carbocycles. The van der Waals surface area contributed by atoms with Crippen LogP contribution in [0.5, 0.6) is 11.5 Å². The van der Waals surface area contributed by atoms with Gasteiger partial charge < -0.3 is 19.5 Å². The first kappa shape index (κ1) is 17.5. The highest BCUT2D eigenvalue weighted by molar-refractivity contribution is 5.99. The Morgan fingerprint density at radius 1 is 1.04 bits per heavy atom. The van der Waals surface area contributed by atoms with Gasteiger partial charge in [-0.3, -0.25) is 0 Å². The molecule has 3 aromatic rings. The van der Waals surface area contributed by atoms with E-state index in [4.69, 9.17) is 14.2 Å². The van der Waals surface area contributed by atoms with Gasteiger partial charge in [-0.05, 0) is 12.1 Å². The van der Waals surface area contributed by atoms with Gasteiger partial charge in [-0.25, -0.2) is 14.2 Å². The zero-order valence-corrected chi connectivity index (χ0v) is 14.5. The molecule has 0 radical (unpaired) electrons. The molecule has 0 unspecified atom stereocenters. The first-order valence-corrected chi connectivity index (χ1v) is 7.73. The Hall–Kier alpha value is -3.35. The summed E-state index contributed by atoms with van der Waals surface area (Å²) in [5, 5.41) is 3.70. The normalized spacial score (nSPS) is 10.5. The number of ether oxygens (including phenoxy) is 3. The summed E-state index contributed by atoms with van der Waals surface area (Å²) in [4.78, 5) is 16.0. The topological polar surface area (TPSA) is 69.7 Å². The van der Waals surface area contributed by atoms with Crippen LogP contribution in [0.1, 0.15) is 10.5 Å². The molecule has 0 atom stereocenters. The second-order valence-electron chi connectivity index (χ2n) is 5.41. The zero-order chi connectivity index (χ0) is 18.7. The fourth-order valence-corrected chi connectivity index (χ4v) is 2.56. The number of nitrogens with one attached hydrogen (secondary N) is 1. The number of carbonyl (C=O) groups excluding carboxylic acids is 1. The number of para-hydroxylation sites is 1. The molecule has 0 fully saturated rings. The van der Waals surface area contributed by atoms with Gasteiger partial charge in [0.05, 0.1) is 27.0 Å². The second-order valence-corrected chi connectivity index (χ2v) is 5.41. The van der Waals surface area contributed by atoms with E-state index >= 15 is 0 Å². The third-order valence-electron chi connectivity index (χ3n) is 3.82. The Bertz CT molecular complexity index is 953. The first-order chi connectivity index (χ1) is 12.5. The van der Waals surface area contributed by atoms with Crippen LogP contribution in [0.15, 0.2) is 42.5 Å². The number of carbonyl (C=O) groups is 1. The molecule has 0 aliphatic carbocycles. The molecule has 0 saturated carbocycles. The molecule has 0 bridgehead atoms. The van der Waals surface area contributed by atoms with Crippen LogP contribution < -0.4 is 14.8 Å². The van der Waals surface area contributed by atoms with Crippen molar-refractivity contribution in [2.45, 2.75) is 0 Å². The van der Waals surface area contributed by atoms with Crippen molar-refractivity contribution in [2.75, 3.05) is 26.6 Å². The molecule has 0 saturated heterocycles. The average Bonchev–Trinajstić information content (AvgIpc) is 2.67. The summed E-state index contributed by atoms with van der Waals surface area (Å²) in [5.41, 5.74) is 1.23. The van der Waals surface area contributed by atoms with E-state index in [9.17, 15) is 9.18 Å². The summed E-state index contributed by atoms with van der Waals surface area (Å²) < 4.78 is 29.4. The van der Waals surface area contributed by atoms with Crippen LogP contribution in [0.2, 0.25) is 0 Å². The van der Waals surface area contributed by atoms with Crippen LogP contribution >= 0.6 is 0 Å². The van der Waals surface area contributed by atoms with E-state index in [1.165, 1.54) is 19.2 Å². The van der Waals surface area contributed by atoms with Crippen molar-refractivity contribution in [1.29, 1.82) is 0 Å². The van der Waals surface area contributed by atoms with Crippen LogP contribution in [-0.2, 0) is 4.74 Å². The molecule has 6 nitrogen and oxygen atoms in total. The van der Waals surface area contributed by atoms with Crippen molar-refractivity contribution in [2.24, 2.45) is 0 Å². The molecule has 1 N–H and O–H groups in total. The number of anilines is 2. The molecule has 7 heteroatoms. The number of nitrogens with zero attached hydrogens (tertiary/aromatic N) is 1. The Morgan fingerprint density at radius 2 is 1.73 bits per heavy atom. The maximum atomic E-state index is 14.2. The predicted octanol–water partition coefficient (Wildman–Crippen LogP) is 3.92. The van der Waals surface area contributed by atoms with Gasteiger partial charge in [-0.15, -0.1) is 0 Å². The molecule has 26 heavy (non-hydrogen) atoms. The summed E-state index contributed by atoms with van der Waals surface area (Å²) in [6.07, 6.45) is 0. The number of benzene rings is 2. The maximum absolute atomic E-state index is 14.2. The van der Waals surface area contributed by atoms with Gasteiger partial charge in [0, 0.05) is 29.3 Å². The van der Waals surface area contributed by atoms with Gasteiger partial charge >= 0.3 is 5.97 Å². The van der Waals surface area contributed by atoms with E-state index in [0.29, 0.717) is 28.3 Å². The molecule has 134 valence electrons. The van der Waals surface area contributed by atoms with Gasteiger partial charge in [0.1, 0.15) is 22.8 Å². The molecule has 0 spiro atoms. The number of halogens is 1. The van der Waals surface area contributed by atoms with Crippen LogP contribution in [0.25, 0.3) is 10.9 Å². The quantitative estimate of drug-likeness (QED) is 0.699. The van der Waals surface area contributed by atoms with Crippen molar-refractivity contribution < 1.29 is 23.4 Å². The molecule has 1 heterocycles. The lowest BCUT2D eigenvalue weighted by atomic mass is 10.1. The Morgan fingerprint density at radius 3 is 2.35 bits per heavy atom. The summed E-state index contributed by atoms with van der Waals surface area (Å²) in [7, 11) is 4.34. The van der Waals surface area contributed by atoms with Crippen LogP contribution in [0, 0.1) is 5.82 Å². The van der Waals surface area contributed by atoms with E-state index in [-0.39, 0.29) is 11.2 Å². The van der Waals surface area contributed by atoms with E-state index in [1.807, 2.05) is 0 Å².